The molecule has 1 rings (SSSR count). The molecule has 19 heavy (non-hydrogen) atoms. The van der Waals surface area contributed by atoms with Crippen molar-refractivity contribution in [1.29, 1.82) is 0 Å². The van der Waals surface area contributed by atoms with Crippen LogP contribution in [-0.2, 0) is 4.79 Å². The third-order valence-corrected chi connectivity index (χ3v) is 2.54. The van der Waals surface area contributed by atoms with E-state index in [4.69, 9.17) is 5.11 Å². The fraction of sp³-hybridized carbons (Fsp3) is 0.286. The molecule has 1 aromatic carbocycles. The zero-order valence-corrected chi connectivity index (χ0v) is 11.0. The molecule has 0 fully saturated rings. The number of nitrogens with one attached hydrogen (secondary N) is 2. The Hall–Kier alpha value is -2.30. The summed E-state index contributed by atoms with van der Waals surface area (Å²) in [5, 5.41) is 14.0. The molecule has 5 heteroatoms. The summed E-state index contributed by atoms with van der Waals surface area (Å²) in [5.41, 5.74) is 1.76. The van der Waals surface area contributed by atoms with Crippen LogP contribution in [0.25, 0.3) is 6.08 Å². The van der Waals surface area contributed by atoms with Crippen LogP contribution in [0.3, 0.4) is 0 Å². The Bertz CT molecular complexity index is 466. The van der Waals surface area contributed by atoms with E-state index in [0.717, 1.165) is 17.2 Å². The predicted octanol–water partition coefficient (Wildman–Crippen LogP) is 2.16. The Labute approximate surface area is 112 Å². The van der Waals surface area contributed by atoms with Crippen molar-refractivity contribution in [3.63, 3.8) is 0 Å². The standard InChI is InChI=1S/C14H18N2O3/c1-3-15-14(19)16-10(2)12-7-4-11(5-8-12)6-9-13(17)18/h4-10H,3H2,1-2H3,(H,17,18)(H2,15,16,19)/b9-6+. The molecule has 1 unspecified atom stereocenters. The normalized spacial score (nSPS) is 12.1. The molecule has 0 aliphatic heterocycles. The minimum atomic E-state index is -0.977. The SMILES string of the molecule is CCNC(=O)NC(C)c1ccc(/C=C/C(=O)O)cc1. The maximum atomic E-state index is 11.4. The maximum absolute atomic E-state index is 11.4. The lowest BCUT2D eigenvalue weighted by molar-refractivity contribution is -0.131. The van der Waals surface area contributed by atoms with E-state index in [1.807, 2.05) is 38.1 Å². The predicted molar refractivity (Wildman–Crippen MR) is 73.7 cm³/mol. The molecule has 0 heterocycles. The van der Waals surface area contributed by atoms with Crippen LogP contribution >= 0.6 is 0 Å². The molecule has 102 valence electrons. The number of hydrogen-bond donors (Lipinski definition) is 3. The van der Waals surface area contributed by atoms with Gasteiger partial charge in [0, 0.05) is 12.6 Å². The van der Waals surface area contributed by atoms with Crippen molar-refractivity contribution >= 4 is 18.1 Å². The molecule has 5 nitrogen and oxygen atoms in total. The molecule has 0 radical (unpaired) electrons. The molecule has 1 aromatic rings. The molecule has 0 aliphatic carbocycles. The van der Waals surface area contributed by atoms with E-state index in [-0.39, 0.29) is 12.1 Å². The van der Waals surface area contributed by atoms with Crippen molar-refractivity contribution in [2.24, 2.45) is 0 Å². The summed E-state index contributed by atoms with van der Waals surface area (Å²) in [6.45, 7) is 4.32. The van der Waals surface area contributed by atoms with Gasteiger partial charge in [0.2, 0.25) is 0 Å². The first-order valence-electron chi connectivity index (χ1n) is 6.08. The van der Waals surface area contributed by atoms with Crippen LogP contribution in [0, 0.1) is 0 Å². The van der Waals surface area contributed by atoms with Crippen molar-refractivity contribution in [1.82, 2.24) is 10.6 Å². The second-order valence-electron chi connectivity index (χ2n) is 4.06. The van der Waals surface area contributed by atoms with Crippen molar-refractivity contribution in [2.75, 3.05) is 6.54 Å². The molecule has 0 spiro atoms. The Morgan fingerprint density at radius 1 is 1.32 bits per heavy atom. The summed E-state index contributed by atoms with van der Waals surface area (Å²) >= 11 is 0. The number of hydrogen-bond acceptors (Lipinski definition) is 2. The molecule has 3 N–H and O–H groups in total. The average molecular weight is 262 g/mol. The number of carboxylic acid groups (broad SMARTS) is 1. The van der Waals surface area contributed by atoms with Gasteiger partial charge in [0.25, 0.3) is 0 Å². The van der Waals surface area contributed by atoms with E-state index in [2.05, 4.69) is 10.6 Å². The van der Waals surface area contributed by atoms with Gasteiger partial charge in [-0.2, -0.15) is 0 Å². The summed E-state index contributed by atoms with van der Waals surface area (Å²) in [7, 11) is 0. The van der Waals surface area contributed by atoms with Gasteiger partial charge in [0.05, 0.1) is 6.04 Å². The van der Waals surface area contributed by atoms with E-state index in [0.29, 0.717) is 6.54 Å². The highest BCUT2D eigenvalue weighted by Gasteiger charge is 2.07. The second kappa shape index (κ2) is 7.20. The second-order valence-corrected chi connectivity index (χ2v) is 4.06. The monoisotopic (exact) mass is 262 g/mol. The zero-order chi connectivity index (χ0) is 14.3. The summed E-state index contributed by atoms with van der Waals surface area (Å²) in [5.74, 6) is -0.977. The van der Waals surface area contributed by atoms with Crippen molar-refractivity contribution in [3.8, 4) is 0 Å². The van der Waals surface area contributed by atoms with Gasteiger partial charge in [0.15, 0.2) is 0 Å². The van der Waals surface area contributed by atoms with Crippen LogP contribution < -0.4 is 10.6 Å². The third kappa shape index (κ3) is 5.25. The van der Waals surface area contributed by atoms with Crippen LogP contribution in [0.1, 0.15) is 31.0 Å². The van der Waals surface area contributed by atoms with E-state index in [9.17, 15) is 9.59 Å². The van der Waals surface area contributed by atoms with Gasteiger partial charge < -0.3 is 15.7 Å². The maximum Gasteiger partial charge on any atom is 0.328 e. The van der Waals surface area contributed by atoms with Crippen LogP contribution in [0.5, 0.6) is 0 Å². The number of aliphatic carboxylic acids is 1. The average Bonchev–Trinajstić information content (AvgIpc) is 2.37. The number of rotatable bonds is 5. The number of carboxylic acids is 1. The largest absolute Gasteiger partial charge is 0.478 e. The van der Waals surface area contributed by atoms with Crippen LogP contribution in [-0.4, -0.2) is 23.7 Å². The third-order valence-electron chi connectivity index (χ3n) is 2.54. The topological polar surface area (TPSA) is 78.4 Å². The Kier molecular flexibility index (Phi) is 5.60. The molecular formula is C14H18N2O3. The Balaban J connectivity index is 2.65. The fourth-order valence-corrected chi connectivity index (χ4v) is 1.55. The molecule has 2 amide bonds. The highest BCUT2D eigenvalue weighted by Crippen LogP contribution is 2.14. The summed E-state index contributed by atoms with van der Waals surface area (Å²) in [6.07, 6.45) is 2.61. The van der Waals surface area contributed by atoms with Gasteiger partial charge >= 0.3 is 12.0 Å². The van der Waals surface area contributed by atoms with Gasteiger partial charge in [-0.25, -0.2) is 9.59 Å². The van der Waals surface area contributed by atoms with Crippen molar-refractivity contribution < 1.29 is 14.7 Å². The van der Waals surface area contributed by atoms with Crippen molar-refractivity contribution in [3.05, 3.63) is 41.5 Å². The van der Waals surface area contributed by atoms with Crippen molar-refractivity contribution in [2.45, 2.75) is 19.9 Å². The molecule has 0 saturated heterocycles. The first-order valence-corrected chi connectivity index (χ1v) is 6.08. The van der Waals surface area contributed by atoms with E-state index in [1.165, 1.54) is 6.08 Å². The first kappa shape index (κ1) is 14.8. The number of benzene rings is 1. The van der Waals surface area contributed by atoms with Crippen LogP contribution in [0.4, 0.5) is 4.79 Å². The zero-order valence-electron chi connectivity index (χ0n) is 11.0. The Morgan fingerprint density at radius 3 is 2.47 bits per heavy atom. The molecule has 0 saturated carbocycles. The molecule has 0 aliphatic rings. The number of carbonyl (C=O) groups excluding carboxylic acids is 1. The van der Waals surface area contributed by atoms with Crippen LogP contribution in [0.2, 0.25) is 0 Å². The lowest BCUT2D eigenvalue weighted by Crippen LogP contribution is -2.36. The fourth-order valence-electron chi connectivity index (χ4n) is 1.55. The molecule has 0 aromatic heterocycles. The van der Waals surface area contributed by atoms with Gasteiger partial charge in [-0.1, -0.05) is 24.3 Å². The highest BCUT2D eigenvalue weighted by atomic mass is 16.4. The minimum Gasteiger partial charge on any atom is -0.478 e. The number of carbonyl (C=O) groups is 2. The summed E-state index contributed by atoms with van der Waals surface area (Å²) in [4.78, 5) is 21.8. The number of amides is 2. The molecule has 1 atom stereocenters. The first-order chi connectivity index (χ1) is 9.02. The minimum absolute atomic E-state index is 0.107. The van der Waals surface area contributed by atoms with Gasteiger partial charge in [-0.3, -0.25) is 0 Å². The smallest absolute Gasteiger partial charge is 0.328 e. The highest BCUT2D eigenvalue weighted by molar-refractivity contribution is 5.85. The van der Waals surface area contributed by atoms with E-state index >= 15 is 0 Å². The van der Waals surface area contributed by atoms with E-state index < -0.39 is 5.97 Å². The van der Waals surface area contributed by atoms with Gasteiger partial charge in [-0.15, -0.1) is 0 Å². The van der Waals surface area contributed by atoms with Gasteiger partial charge in [-0.05, 0) is 31.1 Å². The molecule has 0 bridgehead atoms. The summed E-state index contributed by atoms with van der Waals surface area (Å²) < 4.78 is 0. The van der Waals surface area contributed by atoms with E-state index in [1.54, 1.807) is 0 Å². The summed E-state index contributed by atoms with van der Waals surface area (Å²) in [6, 6.07) is 7.03. The Morgan fingerprint density at radius 2 is 1.95 bits per heavy atom. The molecular weight excluding hydrogens is 244 g/mol. The quantitative estimate of drug-likeness (QED) is 0.711. The number of urea groups is 1. The lowest BCUT2D eigenvalue weighted by atomic mass is 10.1. The lowest BCUT2D eigenvalue weighted by Gasteiger charge is -2.14. The van der Waals surface area contributed by atoms with Gasteiger partial charge in [0.1, 0.15) is 0 Å². The van der Waals surface area contributed by atoms with Crippen LogP contribution in [0.15, 0.2) is 30.3 Å².